The van der Waals surface area contributed by atoms with Gasteiger partial charge in [0.2, 0.25) is 0 Å². The summed E-state index contributed by atoms with van der Waals surface area (Å²) < 4.78 is 1.93. The van der Waals surface area contributed by atoms with E-state index in [4.69, 9.17) is 16.7 Å². The third-order valence-electron chi connectivity index (χ3n) is 5.35. The van der Waals surface area contributed by atoms with Crippen LogP contribution in [-0.2, 0) is 6.54 Å². The molecule has 2 amide bonds. The van der Waals surface area contributed by atoms with Crippen LogP contribution >= 0.6 is 11.6 Å². The number of aromatic nitrogens is 4. The fraction of sp³-hybridized carbons (Fsp3) is 0.0800. The highest BCUT2D eigenvalue weighted by Crippen LogP contribution is 2.35. The van der Waals surface area contributed by atoms with Crippen LogP contribution in [0.4, 0.5) is 16.2 Å². The van der Waals surface area contributed by atoms with Crippen molar-refractivity contribution in [2.75, 3.05) is 10.6 Å². The molecule has 164 valence electrons. The van der Waals surface area contributed by atoms with E-state index >= 15 is 0 Å². The van der Waals surface area contributed by atoms with Gasteiger partial charge in [0, 0.05) is 58.0 Å². The number of aryl methyl sites for hydroxylation is 1. The lowest BCUT2D eigenvalue weighted by molar-refractivity contribution is 0.262. The minimum atomic E-state index is -0.326. The molecule has 0 bridgehead atoms. The van der Waals surface area contributed by atoms with Crippen molar-refractivity contribution in [3.8, 4) is 22.4 Å². The molecule has 0 unspecified atom stereocenters. The molecule has 0 aliphatic carbocycles. The normalized spacial score (nSPS) is 11.0. The van der Waals surface area contributed by atoms with Gasteiger partial charge in [-0.2, -0.15) is 5.10 Å². The number of aromatic amines is 1. The van der Waals surface area contributed by atoms with Crippen molar-refractivity contribution in [2.45, 2.75) is 13.5 Å². The molecule has 8 heteroatoms. The number of anilines is 2. The van der Waals surface area contributed by atoms with E-state index in [1.54, 1.807) is 30.5 Å². The maximum Gasteiger partial charge on any atom is 0.323 e. The Labute approximate surface area is 195 Å². The third-order valence-corrected chi connectivity index (χ3v) is 5.61. The highest BCUT2D eigenvalue weighted by Gasteiger charge is 2.16. The summed E-state index contributed by atoms with van der Waals surface area (Å²) in [6.07, 6.45) is 5.75. The molecule has 3 aromatic heterocycles. The molecule has 0 atom stereocenters. The fourth-order valence-corrected chi connectivity index (χ4v) is 3.85. The number of hydrogen-bond acceptors (Lipinski definition) is 3. The molecule has 5 rings (SSSR count). The number of hydrogen-bond donors (Lipinski definition) is 3. The molecule has 0 aliphatic rings. The first kappa shape index (κ1) is 20.8. The summed E-state index contributed by atoms with van der Waals surface area (Å²) in [7, 11) is 0. The molecule has 0 radical (unpaired) electrons. The third kappa shape index (κ3) is 4.31. The van der Waals surface area contributed by atoms with Crippen LogP contribution in [0.2, 0.25) is 5.02 Å². The average Bonchev–Trinajstić information content (AvgIpc) is 3.48. The molecule has 0 saturated carbocycles. The quantitative estimate of drug-likeness (QED) is 0.285. The van der Waals surface area contributed by atoms with Crippen LogP contribution in [0.3, 0.4) is 0 Å². The largest absolute Gasteiger partial charge is 0.346 e. The monoisotopic (exact) mass is 456 g/mol. The van der Waals surface area contributed by atoms with Crippen LogP contribution in [0.25, 0.3) is 33.4 Å². The van der Waals surface area contributed by atoms with Crippen molar-refractivity contribution < 1.29 is 4.79 Å². The number of urea groups is 1. The highest BCUT2D eigenvalue weighted by atomic mass is 35.5. The maximum atomic E-state index is 12.3. The SMILES string of the molecule is CCn1cc(-c2ccnc3[nH]ccc23)c(-c2ccc(NC(=O)Nc3ccc(Cl)cc3)cc2)n1. The lowest BCUT2D eigenvalue weighted by Gasteiger charge is -2.09. The van der Waals surface area contributed by atoms with E-state index in [-0.39, 0.29) is 6.03 Å². The number of carbonyl (C=O) groups excluding carboxylic acids is 1. The predicted molar refractivity (Wildman–Crippen MR) is 133 cm³/mol. The molecular weight excluding hydrogens is 436 g/mol. The summed E-state index contributed by atoms with van der Waals surface area (Å²) in [5, 5.41) is 12.1. The van der Waals surface area contributed by atoms with Gasteiger partial charge in [0.1, 0.15) is 11.3 Å². The van der Waals surface area contributed by atoms with Crippen LogP contribution in [-0.4, -0.2) is 25.8 Å². The van der Waals surface area contributed by atoms with Crippen LogP contribution in [0, 0.1) is 0 Å². The Morgan fingerprint density at radius 1 is 0.970 bits per heavy atom. The molecular formula is C25H21ClN6O. The van der Waals surface area contributed by atoms with Crippen molar-refractivity contribution in [3.63, 3.8) is 0 Å². The standard InChI is InChI=1S/C25H21ClN6O/c1-2-32-15-22(20-11-13-27-24-21(20)12-14-28-24)23(31-32)16-3-7-18(8-4-16)29-25(33)30-19-9-5-17(26)6-10-19/h3-15H,2H2,1H3,(H,27,28)(H2,29,30,33). The van der Waals surface area contributed by atoms with Crippen molar-refractivity contribution in [1.29, 1.82) is 0 Å². The number of nitrogens with one attached hydrogen (secondary N) is 3. The van der Waals surface area contributed by atoms with E-state index in [1.165, 1.54) is 0 Å². The number of rotatable bonds is 5. The van der Waals surface area contributed by atoms with E-state index in [0.29, 0.717) is 16.4 Å². The molecule has 7 nitrogen and oxygen atoms in total. The minimum Gasteiger partial charge on any atom is -0.346 e. The zero-order chi connectivity index (χ0) is 22.8. The van der Waals surface area contributed by atoms with E-state index in [9.17, 15) is 4.79 Å². The van der Waals surface area contributed by atoms with Crippen molar-refractivity contribution in [1.82, 2.24) is 19.7 Å². The highest BCUT2D eigenvalue weighted by molar-refractivity contribution is 6.30. The number of pyridine rings is 1. The Kier molecular flexibility index (Phi) is 5.54. The molecule has 5 aromatic rings. The summed E-state index contributed by atoms with van der Waals surface area (Å²) in [6, 6.07) is 18.3. The van der Waals surface area contributed by atoms with Crippen molar-refractivity contribution in [2.24, 2.45) is 0 Å². The Morgan fingerprint density at radius 3 is 2.36 bits per heavy atom. The number of H-pyrrole nitrogens is 1. The number of nitrogens with zero attached hydrogens (tertiary/aromatic N) is 3. The minimum absolute atomic E-state index is 0.326. The van der Waals surface area contributed by atoms with Crippen molar-refractivity contribution in [3.05, 3.63) is 84.3 Å². The van der Waals surface area contributed by atoms with E-state index in [2.05, 4.69) is 33.7 Å². The molecule has 2 aromatic carbocycles. The van der Waals surface area contributed by atoms with Gasteiger partial charge in [-0.3, -0.25) is 4.68 Å². The Bertz CT molecular complexity index is 1420. The average molecular weight is 457 g/mol. The number of fused-ring (bicyclic) bond motifs is 1. The number of halogens is 1. The smallest absolute Gasteiger partial charge is 0.323 e. The summed E-state index contributed by atoms with van der Waals surface area (Å²) in [4.78, 5) is 19.9. The summed E-state index contributed by atoms with van der Waals surface area (Å²) in [5.41, 5.74) is 6.12. The second-order valence-electron chi connectivity index (χ2n) is 7.51. The van der Waals surface area contributed by atoms with Gasteiger partial charge in [0.25, 0.3) is 0 Å². The van der Waals surface area contributed by atoms with Gasteiger partial charge in [-0.15, -0.1) is 0 Å². The Balaban J connectivity index is 1.40. The topological polar surface area (TPSA) is 87.6 Å². The Morgan fingerprint density at radius 2 is 1.67 bits per heavy atom. The number of carbonyl (C=O) groups is 1. The number of benzene rings is 2. The van der Waals surface area contributed by atoms with E-state index < -0.39 is 0 Å². The first-order valence-corrected chi connectivity index (χ1v) is 10.9. The van der Waals surface area contributed by atoms with Crippen molar-refractivity contribution >= 4 is 40.0 Å². The summed E-state index contributed by atoms with van der Waals surface area (Å²) in [6.45, 7) is 2.82. The van der Waals surface area contributed by atoms with Gasteiger partial charge in [0.05, 0.1) is 0 Å². The van der Waals surface area contributed by atoms with Gasteiger partial charge in [-0.25, -0.2) is 9.78 Å². The Hall–Kier alpha value is -4.10. The van der Waals surface area contributed by atoms with Gasteiger partial charge >= 0.3 is 6.03 Å². The number of amides is 2. The van der Waals surface area contributed by atoms with Crippen LogP contribution in [0.1, 0.15) is 6.92 Å². The second kappa shape index (κ2) is 8.80. The van der Waals surface area contributed by atoms with Crippen LogP contribution < -0.4 is 10.6 Å². The molecule has 0 saturated heterocycles. The fourth-order valence-electron chi connectivity index (χ4n) is 3.73. The van der Waals surface area contributed by atoms with Gasteiger partial charge < -0.3 is 15.6 Å². The summed E-state index contributed by atoms with van der Waals surface area (Å²) in [5.74, 6) is 0. The van der Waals surface area contributed by atoms with Gasteiger partial charge in [-0.1, -0.05) is 23.7 Å². The van der Waals surface area contributed by atoms with E-state index in [1.807, 2.05) is 47.3 Å². The predicted octanol–water partition coefficient (Wildman–Crippen LogP) is 6.41. The van der Waals surface area contributed by atoms with Crippen LogP contribution in [0.15, 0.2) is 79.3 Å². The molecule has 0 fully saturated rings. The lowest BCUT2D eigenvalue weighted by atomic mass is 10.0. The zero-order valence-corrected chi connectivity index (χ0v) is 18.6. The lowest BCUT2D eigenvalue weighted by Crippen LogP contribution is -2.19. The molecule has 0 spiro atoms. The molecule has 0 aliphatic heterocycles. The second-order valence-corrected chi connectivity index (χ2v) is 7.95. The van der Waals surface area contributed by atoms with E-state index in [0.717, 1.165) is 40.0 Å². The maximum absolute atomic E-state index is 12.3. The first-order chi connectivity index (χ1) is 16.1. The first-order valence-electron chi connectivity index (χ1n) is 10.5. The molecule has 3 heterocycles. The summed E-state index contributed by atoms with van der Waals surface area (Å²) >= 11 is 5.89. The zero-order valence-electron chi connectivity index (χ0n) is 17.8. The molecule has 33 heavy (non-hydrogen) atoms. The molecule has 3 N–H and O–H groups in total. The van der Waals surface area contributed by atoms with Gasteiger partial charge in [-0.05, 0) is 61.0 Å². The van der Waals surface area contributed by atoms with Gasteiger partial charge in [0.15, 0.2) is 0 Å². The van der Waals surface area contributed by atoms with Crippen LogP contribution in [0.5, 0.6) is 0 Å².